The summed E-state index contributed by atoms with van der Waals surface area (Å²) >= 11 is 1.45. The zero-order chi connectivity index (χ0) is 20.8. The molecule has 0 aliphatic heterocycles. The number of rotatable bonds is 8. The molecular weight excluding hydrogens is 388 g/mol. The minimum Gasteiger partial charge on any atom is -0.493 e. The van der Waals surface area contributed by atoms with Gasteiger partial charge in [-0.3, -0.25) is 9.69 Å². The van der Waals surface area contributed by atoms with E-state index in [1.807, 2.05) is 54.8 Å². The summed E-state index contributed by atoms with van der Waals surface area (Å²) in [6, 6.07) is 13.3. The Bertz CT molecular complexity index is 972. The molecule has 2 aromatic carbocycles. The van der Waals surface area contributed by atoms with Crippen LogP contribution < -0.4 is 19.1 Å². The molecule has 0 atom stereocenters. The zero-order valence-corrected chi connectivity index (χ0v) is 17.8. The summed E-state index contributed by atoms with van der Waals surface area (Å²) in [6.45, 7) is 1.92. The Hall–Kier alpha value is -3.06. The number of anilines is 2. The van der Waals surface area contributed by atoms with Gasteiger partial charge in [0.05, 0.1) is 32.7 Å². The predicted molar refractivity (Wildman–Crippen MR) is 115 cm³/mol. The molecule has 0 aliphatic carbocycles. The molecule has 29 heavy (non-hydrogen) atoms. The van der Waals surface area contributed by atoms with Crippen LogP contribution in [0, 0.1) is 6.92 Å². The van der Waals surface area contributed by atoms with Crippen LogP contribution in [0.3, 0.4) is 0 Å². The minimum atomic E-state index is -0.0395. The average molecular weight is 413 g/mol. The van der Waals surface area contributed by atoms with Crippen molar-refractivity contribution in [3.05, 3.63) is 59.1 Å². The minimum absolute atomic E-state index is 0.0395. The summed E-state index contributed by atoms with van der Waals surface area (Å²) in [5.41, 5.74) is 2.56. The van der Waals surface area contributed by atoms with Crippen LogP contribution >= 0.6 is 11.3 Å². The van der Waals surface area contributed by atoms with E-state index in [9.17, 15) is 4.79 Å². The second kappa shape index (κ2) is 9.43. The number of thiazole rings is 1. The van der Waals surface area contributed by atoms with E-state index in [1.165, 1.54) is 11.3 Å². The number of benzene rings is 2. The van der Waals surface area contributed by atoms with Gasteiger partial charge < -0.3 is 14.2 Å². The topological polar surface area (TPSA) is 60.9 Å². The SMILES string of the molecule is COc1ccc(CCC(=O)N(c2ccccc2)c2nc(C)cs2)c(OC)c1OC. The third kappa shape index (κ3) is 4.51. The highest BCUT2D eigenvalue weighted by molar-refractivity contribution is 7.14. The maximum atomic E-state index is 13.2. The summed E-state index contributed by atoms with van der Waals surface area (Å²) in [4.78, 5) is 19.4. The van der Waals surface area contributed by atoms with Gasteiger partial charge in [-0.2, -0.15) is 0 Å². The second-order valence-corrected chi connectivity index (χ2v) is 7.17. The first kappa shape index (κ1) is 20.7. The van der Waals surface area contributed by atoms with Gasteiger partial charge in [0, 0.05) is 11.8 Å². The lowest BCUT2D eigenvalue weighted by Crippen LogP contribution is -2.26. The number of methoxy groups -OCH3 is 3. The number of ether oxygens (including phenoxy) is 3. The molecule has 0 aliphatic rings. The molecule has 3 aromatic rings. The van der Waals surface area contributed by atoms with Crippen LogP contribution in [-0.2, 0) is 11.2 Å². The molecule has 0 radical (unpaired) electrons. The van der Waals surface area contributed by atoms with Gasteiger partial charge in [-0.25, -0.2) is 4.98 Å². The quantitative estimate of drug-likeness (QED) is 0.533. The molecule has 1 aromatic heterocycles. The van der Waals surface area contributed by atoms with Crippen LogP contribution in [0.5, 0.6) is 17.2 Å². The summed E-state index contributed by atoms with van der Waals surface area (Å²) in [5.74, 6) is 1.65. The smallest absolute Gasteiger partial charge is 0.233 e. The van der Waals surface area contributed by atoms with Gasteiger partial charge in [0.1, 0.15) is 0 Å². The number of aryl methyl sites for hydroxylation is 2. The van der Waals surface area contributed by atoms with Crippen molar-refractivity contribution in [2.24, 2.45) is 0 Å². The van der Waals surface area contributed by atoms with Gasteiger partial charge in [-0.1, -0.05) is 24.3 Å². The highest BCUT2D eigenvalue weighted by atomic mass is 32.1. The van der Waals surface area contributed by atoms with E-state index in [4.69, 9.17) is 14.2 Å². The molecule has 152 valence electrons. The standard InChI is InChI=1S/C22H24N2O4S/c1-15-14-29-22(23-15)24(17-8-6-5-7-9-17)19(25)13-11-16-10-12-18(26-2)21(28-4)20(16)27-3/h5-10,12,14H,11,13H2,1-4H3. The molecule has 0 spiro atoms. The van der Waals surface area contributed by atoms with Gasteiger partial charge in [-0.05, 0) is 37.1 Å². The van der Waals surface area contributed by atoms with E-state index in [2.05, 4.69) is 4.98 Å². The molecule has 0 fully saturated rings. The van der Waals surface area contributed by atoms with Gasteiger partial charge in [-0.15, -0.1) is 11.3 Å². The molecule has 1 heterocycles. The predicted octanol–water partition coefficient (Wildman–Crippen LogP) is 4.77. The Morgan fingerprint density at radius 2 is 1.72 bits per heavy atom. The lowest BCUT2D eigenvalue weighted by molar-refractivity contribution is -0.117. The summed E-state index contributed by atoms with van der Waals surface area (Å²) < 4.78 is 16.3. The lowest BCUT2D eigenvalue weighted by atomic mass is 10.1. The van der Waals surface area contributed by atoms with E-state index in [-0.39, 0.29) is 5.91 Å². The van der Waals surface area contributed by atoms with Gasteiger partial charge in [0.25, 0.3) is 0 Å². The molecule has 6 nitrogen and oxygen atoms in total. The number of hydrogen-bond donors (Lipinski definition) is 0. The molecule has 0 N–H and O–H groups in total. The van der Waals surface area contributed by atoms with Crippen molar-refractivity contribution in [2.45, 2.75) is 19.8 Å². The second-order valence-electron chi connectivity index (χ2n) is 6.33. The lowest BCUT2D eigenvalue weighted by Gasteiger charge is -2.21. The number of carbonyl (C=O) groups is 1. The molecule has 7 heteroatoms. The Labute approximate surface area is 174 Å². The Morgan fingerprint density at radius 1 is 1.00 bits per heavy atom. The van der Waals surface area contributed by atoms with Crippen LogP contribution in [-0.4, -0.2) is 32.2 Å². The van der Waals surface area contributed by atoms with Crippen molar-refractivity contribution >= 4 is 28.1 Å². The fourth-order valence-electron chi connectivity index (χ4n) is 3.10. The number of para-hydroxylation sites is 1. The van der Waals surface area contributed by atoms with E-state index in [1.54, 1.807) is 26.2 Å². The fraction of sp³-hybridized carbons (Fsp3) is 0.273. The van der Waals surface area contributed by atoms with E-state index >= 15 is 0 Å². The maximum absolute atomic E-state index is 13.2. The number of hydrogen-bond acceptors (Lipinski definition) is 6. The maximum Gasteiger partial charge on any atom is 0.233 e. The first-order chi connectivity index (χ1) is 14.1. The van der Waals surface area contributed by atoms with Crippen LogP contribution in [0.25, 0.3) is 0 Å². The highest BCUT2D eigenvalue weighted by Crippen LogP contribution is 2.40. The molecule has 0 bridgehead atoms. The Morgan fingerprint density at radius 3 is 2.31 bits per heavy atom. The van der Waals surface area contributed by atoms with Crippen molar-refractivity contribution in [1.29, 1.82) is 0 Å². The van der Waals surface area contributed by atoms with E-state index in [0.29, 0.717) is 35.2 Å². The molecule has 0 saturated carbocycles. The summed E-state index contributed by atoms with van der Waals surface area (Å²) in [7, 11) is 4.72. The highest BCUT2D eigenvalue weighted by Gasteiger charge is 2.22. The molecular formula is C22H24N2O4S. The average Bonchev–Trinajstić information content (AvgIpc) is 3.17. The van der Waals surface area contributed by atoms with Crippen molar-refractivity contribution in [3.8, 4) is 17.2 Å². The fourth-order valence-corrected chi connectivity index (χ4v) is 3.93. The molecule has 0 saturated heterocycles. The van der Waals surface area contributed by atoms with Gasteiger partial charge in [0.2, 0.25) is 11.7 Å². The van der Waals surface area contributed by atoms with Crippen LogP contribution in [0.1, 0.15) is 17.7 Å². The van der Waals surface area contributed by atoms with Gasteiger partial charge in [0.15, 0.2) is 16.6 Å². The number of aromatic nitrogens is 1. The van der Waals surface area contributed by atoms with Crippen molar-refractivity contribution in [3.63, 3.8) is 0 Å². The molecule has 0 unspecified atom stereocenters. The van der Waals surface area contributed by atoms with Crippen molar-refractivity contribution < 1.29 is 19.0 Å². The van der Waals surface area contributed by atoms with E-state index in [0.717, 1.165) is 16.9 Å². The molecule has 1 amide bonds. The number of carbonyl (C=O) groups excluding carboxylic acids is 1. The van der Waals surface area contributed by atoms with Gasteiger partial charge >= 0.3 is 0 Å². The van der Waals surface area contributed by atoms with Crippen LogP contribution in [0.2, 0.25) is 0 Å². The Balaban J connectivity index is 1.86. The third-order valence-corrected chi connectivity index (χ3v) is 5.40. The monoisotopic (exact) mass is 412 g/mol. The van der Waals surface area contributed by atoms with Crippen LogP contribution in [0.4, 0.5) is 10.8 Å². The largest absolute Gasteiger partial charge is 0.493 e. The van der Waals surface area contributed by atoms with Crippen molar-refractivity contribution in [1.82, 2.24) is 4.98 Å². The number of amides is 1. The first-order valence-electron chi connectivity index (χ1n) is 9.17. The van der Waals surface area contributed by atoms with E-state index < -0.39 is 0 Å². The van der Waals surface area contributed by atoms with Crippen LogP contribution in [0.15, 0.2) is 47.8 Å². The number of nitrogens with zero attached hydrogens (tertiary/aromatic N) is 2. The zero-order valence-electron chi connectivity index (χ0n) is 17.0. The summed E-state index contributed by atoms with van der Waals surface area (Å²) in [5, 5.41) is 2.61. The third-order valence-electron chi connectivity index (χ3n) is 4.46. The molecule has 3 rings (SSSR count). The summed E-state index contributed by atoms with van der Waals surface area (Å²) in [6.07, 6.45) is 0.787. The van der Waals surface area contributed by atoms with Crippen molar-refractivity contribution in [2.75, 3.05) is 26.2 Å². The first-order valence-corrected chi connectivity index (χ1v) is 10.0. The Kier molecular flexibility index (Phi) is 6.72. The normalized spacial score (nSPS) is 10.5.